The summed E-state index contributed by atoms with van der Waals surface area (Å²) in [5.41, 5.74) is 1.94. The first-order valence-corrected chi connectivity index (χ1v) is 10.8. The molecule has 152 valence electrons. The van der Waals surface area contributed by atoms with Crippen molar-refractivity contribution < 1.29 is 14.6 Å². The molecule has 4 fully saturated rings. The summed E-state index contributed by atoms with van der Waals surface area (Å²) in [5, 5.41) is 18.8. The van der Waals surface area contributed by atoms with Crippen molar-refractivity contribution in [2.75, 3.05) is 0 Å². The van der Waals surface area contributed by atoms with E-state index in [4.69, 9.17) is 16.3 Å². The van der Waals surface area contributed by atoms with Crippen molar-refractivity contribution >= 4 is 17.5 Å². The second-order valence-corrected chi connectivity index (χ2v) is 9.85. The maximum atomic E-state index is 12.8. The Hall–Kier alpha value is -2.05. The lowest BCUT2D eigenvalue weighted by atomic mass is 9.44. The predicted octanol–water partition coefficient (Wildman–Crippen LogP) is 3.44. The summed E-state index contributed by atoms with van der Waals surface area (Å²) in [6.07, 6.45) is 9.68. The summed E-state index contributed by atoms with van der Waals surface area (Å²) in [4.78, 5) is 12.8. The van der Waals surface area contributed by atoms with Crippen LogP contribution in [0, 0.1) is 0 Å². The number of aliphatic hydroxyl groups is 1. The minimum Gasteiger partial charge on any atom is -0.480 e. The van der Waals surface area contributed by atoms with Crippen LogP contribution in [0.1, 0.15) is 68.1 Å². The van der Waals surface area contributed by atoms with Gasteiger partial charge in [-0.05, 0) is 61.8 Å². The van der Waals surface area contributed by atoms with Gasteiger partial charge in [-0.3, -0.25) is 9.48 Å². The molecule has 2 bridgehead atoms. The highest BCUT2D eigenvalue weighted by molar-refractivity contribution is 6.30. The van der Waals surface area contributed by atoms with Crippen LogP contribution in [-0.4, -0.2) is 32.4 Å². The van der Waals surface area contributed by atoms with Crippen LogP contribution in [0.4, 0.5) is 0 Å². The number of hydrogen-bond donors (Lipinski definition) is 2. The smallest absolute Gasteiger partial charge is 0.261 e. The average molecular weight is 414 g/mol. The summed E-state index contributed by atoms with van der Waals surface area (Å²) in [5.74, 6) is 1.08. The topological polar surface area (TPSA) is 76.4 Å². The monoisotopic (exact) mass is 413 g/mol. The number of carbonyl (C=O) groups excluding carboxylic acids is 1. The molecular weight excluding hydrogens is 390 g/mol. The quantitative estimate of drug-likeness (QED) is 0.805. The number of amides is 1. The van der Waals surface area contributed by atoms with E-state index in [0.29, 0.717) is 22.3 Å². The van der Waals surface area contributed by atoms with Gasteiger partial charge in [0.15, 0.2) is 6.10 Å². The molecular formula is C22H24ClN3O3. The van der Waals surface area contributed by atoms with E-state index in [0.717, 1.165) is 19.3 Å². The molecule has 4 aliphatic carbocycles. The molecule has 1 aromatic heterocycles. The van der Waals surface area contributed by atoms with Crippen molar-refractivity contribution in [1.29, 1.82) is 0 Å². The number of halogens is 1. The Morgan fingerprint density at radius 2 is 2.10 bits per heavy atom. The fraction of sp³-hybridized carbons (Fsp3) is 0.545. The van der Waals surface area contributed by atoms with Gasteiger partial charge in [0.05, 0.1) is 17.8 Å². The van der Waals surface area contributed by atoms with E-state index >= 15 is 0 Å². The molecule has 0 radical (unpaired) electrons. The normalized spacial score (nSPS) is 34.8. The Morgan fingerprint density at radius 3 is 2.83 bits per heavy atom. The van der Waals surface area contributed by atoms with Crippen molar-refractivity contribution in [1.82, 2.24) is 15.1 Å². The second kappa shape index (κ2) is 5.99. The highest BCUT2D eigenvalue weighted by Gasteiger charge is 2.70. The number of aromatic nitrogens is 2. The summed E-state index contributed by atoms with van der Waals surface area (Å²) in [6, 6.07) is 5.12. The summed E-state index contributed by atoms with van der Waals surface area (Å²) < 4.78 is 8.00. The van der Waals surface area contributed by atoms with Crippen LogP contribution in [0.25, 0.3) is 0 Å². The number of nitrogens with one attached hydrogen (secondary N) is 1. The summed E-state index contributed by atoms with van der Waals surface area (Å²) in [7, 11) is 0. The van der Waals surface area contributed by atoms with Crippen LogP contribution in [-0.2, 0) is 10.3 Å². The van der Waals surface area contributed by atoms with E-state index in [2.05, 4.69) is 21.3 Å². The molecule has 2 heterocycles. The van der Waals surface area contributed by atoms with Crippen LogP contribution in [0.15, 0.2) is 30.6 Å². The van der Waals surface area contributed by atoms with Crippen molar-refractivity contribution in [3.8, 4) is 5.75 Å². The van der Waals surface area contributed by atoms with Crippen LogP contribution in [0.2, 0.25) is 5.02 Å². The maximum Gasteiger partial charge on any atom is 0.261 e. The summed E-state index contributed by atoms with van der Waals surface area (Å²) in [6.45, 7) is 0. The molecule has 4 saturated carbocycles. The zero-order valence-corrected chi connectivity index (χ0v) is 16.9. The lowest BCUT2D eigenvalue weighted by Crippen LogP contribution is -2.79. The number of hydrogen-bond acceptors (Lipinski definition) is 4. The van der Waals surface area contributed by atoms with Crippen molar-refractivity contribution in [2.24, 2.45) is 0 Å². The molecule has 2 N–H and O–H groups in total. The van der Waals surface area contributed by atoms with Crippen molar-refractivity contribution in [3.63, 3.8) is 0 Å². The van der Waals surface area contributed by atoms with Gasteiger partial charge in [-0.15, -0.1) is 0 Å². The zero-order chi connectivity index (χ0) is 19.8. The van der Waals surface area contributed by atoms with Crippen LogP contribution < -0.4 is 10.1 Å². The fourth-order valence-corrected chi connectivity index (χ4v) is 5.76. The maximum absolute atomic E-state index is 12.8. The largest absolute Gasteiger partial charge is 0.480 e. The highest BCUT2D eigenvalue weighted by atomic mass is 35.5. The number of benzene rings is 1. The molecule has 5 aliphatic rings. The second-order valence-electron chi connectivity index (χ2n) is 9.41. The van der Waals surface area contributed by atoms with Crippen LogP contribution >= 0.6 is 11.6 Å². The van der Waals surface area contributed by atoms with Gasteiger partial charge in [-0.1, -0.05) is 18.0 Å². The number of fused-ring (bicyclic) bond motifs is 1. The van der Waals surface area contributed by atoms with Gasteiger partial charge in [0, 0.05) is 28.7 Å². The third-order valence-corrected chi connectivity index (χ3v) is 7.62. The van der Waals surface area contributed by atoms with E-state index < -0.39 is 12.2 Å². The Balaban J connectivity index is 1.10. The van der Waals surface area contributed by atoms with E-state index in [-0.39, 0.29) is 23.4 Å². The number of carbonyl (C=O) groups is 1. The van der Waals surface area contributed by atoms with Crippen molar-refractivity contribution in [3.05, 3.63) is 46.7 Å². The molecule has 2 aromatic rings. The minimum atomic E-state index is -0.749. The minimum absolute atomic E-state index is 0.0750. The lowest BCUT2D eigenvalue weighted by Gasteiger charge is -2.70. The molecule has 0 unspecified atom stereocenters. The average Bonchev–Trinajstić information content (AvgIpc) is 3.04. The molecule has 7 rings (SSSR count). The molecule has 0 spiro atoms. The SMILES string of the molecule is O=C(NC12CC(n3cc(C4CCC4)cn3)(C1)C2)[C@@H]1C[C@@H](O)c2cc(Cl)ccc2O1. The molecule has 2 atom stereocenters. The third-order valence-electron chi connectivity index (χ3n) is 7.39. The van der Waals surface area contributed by atoms with E-state index in [9.17, 15) is 9.90 Å². The summed E-state index contributed by atoms with van der Waals surface area (Å²) >= 11 is 6.00. The fourth-order valence-electron chi connectivity index (χ4n) is 5.58. The van der Waals surface area contributed by atoms with Gasteiger partial charge < -0.3 is 15.2 Å². The van der Waals surface area contributed by atoms with Gasteiger partial charge >= 0.3 is 0 Å². The Morgan fingerprint density at radius 1 is 1.31 bits per heavy atom. The molecule has 1 aromatic carbocycles. The van der Waals surface area contributed by atoms with Gasteiger partial charge in [0.1, 0.15) is 5.75 Å². The number of rotatable bonds is 4. The lowest BCUT2D eigenvalue weighted by molar-refractivity contribution is -0.165. The molecule has 1 amide bonds. The number of aliphatic hydroxyl groups excluding tert-OH is 1. The van der Waals surface area contributed by atoms with Gasteiger partial charge in [0.25, 0.3) is 5.91 Å². The molecule has 6 nitrogen and oxygen atoms in total. The van der Waals surface area contributed by atoms with E-state index in [1.165, 1.54) is 24.8 Å². The third kappa shape index (κ3) is 2.65. The Labute approximate surface area is 174 Å². The predicted molar refractivity (Wildman–Crippen MR) is 107 cm³/mol. The van der Waals surface area contributed by atoms with Gasteiger partial charge in [-0.25, -0.2) is 0 Å². The Kier molecular flexibility index (Phi) is 3.67. The number of nitrogens with zero attached hydrogens (tertiary/aromatic N) is 2. The van der Waals surface area contributed by atoms with E-state index in [1.54, 1.807) is 18.2 Å². The molecule has 29 heavy (non-hydrogen) atoms. The van der Waals surface area contributed by atoms with E-state index in [1.807, 2.05) is 6.20 Å². The standard InChI is InChI=1S/C22H24ClN3O3/c23-15-4-5-18-16(6-15)17(27)7-19(29-18)20(28)25-21-10-22(11-21,12-21)26-9-14(8-24-26)13-2-1-3-13/h4-6,8-9,13,17,19,27H,1-3,7,10-12H2,(H,25,28)/t17-,19+,21?,22?/m1/s1. The first-order chi connectivity index (χ1) is 14.0. The molecule has 0 saturated heterocycles. The molecule has 1 aliphatic heterocycles. The first kappa shape index (κ1) is 17.8. The van der Waals surface area contributed by atoms with Crippen LogP contribution in [0.5, 0.6) is 5.75 Å². The van der Waals surface area contributed by atoms with Gasteiger partial charge in [0.2, 0.25) is 0 Å². The zero-order valence-electron chi connectivity index (χ0n) is 16.1. The molecule has 7 heteroatoms. The highest BCUT2D eigenvalue weighted by Crippen LogP contribution is 2.65. The van der Waals surface area contributed by atoms with Gasteiger partial charge in [-0.2, -0.15) is 5.10 Å². The van der Waals surface area contributed by atoms with Crippen molar-refractivity contribution in [2.45, 2.75) is 74.1 Å². The Bertz CT molecular complexity index is 979. The van der Waals surface area contributed by atoms with Crippen LogP contribution in [0.3, 0.4) is 0 Å². The number of ether oxygens (including phenoxy) is 1. The first-order valence-electron chi connectivity index (χ1n) is 10.5.